The topological polar surface area (TPSA) is 111 Å². The van der Waals surface area contributed by atoms with Gasteiger partial charge in [-0.3, -0.25) is 14.2 Å². The van der Waals surface area contributed by atoms with Crippen LogP contribution in [0.4, 0.5) is 0 Å². The molecule has 0 saturated heterocycles. The largest absolute Gasteiger partial charge is 0.756 e. The molecule has 0 heterocycles. The van der Waals surface area contributed by atoms with Gasteiger partial charge in [-0.1, -0.05) is 290 Å². The number of ether oxygens (including phenoxy) is 2. The Hall–Kier alpha value is -3.33. The Morgan fingerprint density at radius 3 is 1.01 bits per heavy atom. The van der Waals surface area contributed by atoms with Crippen molar-refractivity contribution >= 4 is 19.8 Å². The smallest absolute Gasteiger partial charge is 0.306 e. The molecule has 0 aromatic carbocycles. The molecule has 0 radical (unpaired) electrons. The highest BCUT2D eigenvalue weighted by Crippen LogP contribution is 2.38. The van der Waals surface area contributed by atoms with Crippen LogP contribution >= 0.6 is 7.82 Å². The maximum atomic E-state index is 12.9. The minimum absolute atomic E-state index is 0.0335. The minimum Gasteiger partial charge on any atom is -0.756 e. The van der Waals surface area contributed by atoms with Crippen molar-refractivity contribution in [2.45, 2.75) is 302 Å². The molecule has 0 aromatic heterocycles. The summed E-state index contributed by atoms with van der Waals surface area (Å²) in [6, 6.07) is 0. The SMILES string of the molecule is CC/C=C\C/C=C\C/C=C\C/C=C\C/C=C\C/C=C\C/C=C\CCCCCCCCCCCCCCCCCCCCCC(=O)OC(COC(=O)CCCCCCCCCCC/C=C\C/C=C\CCCCC)COP(=O)([O-])OCC[N+](C)(C)C. The molecule has 0 rings (SSSR count). The van der Waals surface area contributed by atoms with Gasteiger partial charge < -0.3 is 27.9 Å². The van der Waals surface area contributed by atoms with E-state index in [4.69, 9.17) is 18.5 Å². The molecule has 0 saturated carbocycles. The van der Waals surface area contributed by atoms with Gasteiger partial charge in [-0.15, -0.1) is 0 Å². The van der Waals surface area contributed by atoms with E-state index in [9.17, 15) is 19.0 Å². The van der Waals surface area contributed by atoms with Gasteiger partial charge in [-0.05, 0) is 103 Å². The maximum Gasteiger partial charge on any atom is 0.306 e. The lowest BCUT2D eigenvalue weighted by molar-refractivity contribution is -0.870. The van der Waals surface area contributed by atoms with Crippen LogP contribution in [0.5, 0.6) is 0 Å². The monoisotopic (exact) mass is 1190 g/mol. The molecule has 0 aliphatic rings. The normalized spacial score (nSPS) is 13.8. The molecule has 2 atom stereocenters. The fourth-order valence-corrected chi connectivity index (χ4v) is 10.2. The van der Waals surface area contributed by atoms with E-state index in [1.54, 1.807) is 0 Å². The number of rotatable bonds is 63. The summed E-state index contributed by atoms with van der Waals surface area (Å²) in [5.74, 6) is -0.831. The number of esters is 2. The van der Waals surface area contributed by atoms with Crippen LogP contribution in [0.1, 0.15) is 296 Å². The Bertz CT molecular complexity index is 1790. The molecular weight excluding hydrogens is 1060 g/mol. The van der Waals surface area contributed by atoms with E-state index >= 15 is 0 Å². The van der Waals surface area contributed by atoms with Crippen molar-refractivity contribution in [3.05, 3.63) is 109 Å². The van der Waals surface area contributed by atoms with Gasteiger partial charge >= 0.3 is 11.9 Å². The predicted octanol–water partition coefficient (Wildman–Crippen LogP) is 21.9. The number of hydrogen-bond acceptors (Lipinski definition) is 8. The second-order valence-corrected chi connectivity index (χ2v) is 25.6. The van der Waals surface area contributed by atoms with E-state index in [-0.39, 0.29) is 32.0 Å². The first-order valence-electron chi connectivity index (χ1n) is 34.6. The van der Waals surface area contributed by atoms with Crippen LogP contribution in [-0.2, 0) is 32.7 Å². The quantitative estimate of drug-likeness (QED) is 0.0195. The van der Waals surface area contributed by atoms with Gasteiger partial charge in [-0.2, -0.15) is 0 Å². The molecule has 484 valence electrons. The Kier molecular flexibility index (Phi) is 61.6. The zero-order valence-electron chi connectivity index (χ0n) is 55.1. The third-order valence-corrected chi connectivity index (χ3v) is 15.7. The minimum atomic E-state index is -4.64. The van der Waals surface area contributed by atoms with Gasteiger partial charge in [0, 0.05) is 12.8 Å². The van der Waals surface area contributed by atoms with Crippen molar-refractivity contribution in [2.75, 3.05) is 47.5 Å². The number of unbranched alkanes of at least 4 members (excludes halogenated alkanes) is 31. The lowest BCUT2D eigenvalue weighted by atomic mass is 10.0. The maximum absolute atomic E-state index is 12.9. The number of carbonyl (C=O) groups is 2. The van der Waals surface area contributed by atoms with Crippen LogP contribution in [0.2, 0.25) is 0 Å². The van der Waals surface area contributed by atoms with Crippen LogP contribution in [0.25, 0.3) is 0 Å². The fourth-order valence-electron chi connectivity index (χ4n) is 9.49. The average molecular weight is 1190 g/mol. The third kappa shape index (κ3) is 67.8. The summed E-state index contributed by atoms with van der Waals surface area (Å²) in [7, 11) is 1.17. The molecule has 0 aromatic rings. The summed E-state index contributed by atoms with van der Waals surface area (Å²) < 4.78 is 34.3. The number of phosphoric acid groups is 1. The van der Waals surface area contributed by atoms with Crippen molar-refractivity contribution in [3.8, 4) is 0 Å². The van der Waals surface area contributed by atoms with Gasteiger partial charge in [0.05, 0.1) is 27.7 Å². The van der Waals surface area contributed by atoms with Crippen LogP contribution in [0.3, 0.4) is 0 Å². The molecule has 0 fully saturated rings. The highest BCUT2D eigenvalue weighted by molar-refractivity contribution is 7.45. The number of carbonyl (C=O) groups excluding carboxylic acids is 2. The summed E-state index contributed by atoms with van der Waals surface area (Å²) in [4.78, 5) is 38.0. The van der Waals surface area contributed by atoms with Crippen molar-refractivity contribution in [1.82, 2.24) is 0 Å². The zero-order chi connectivity index (χ0) is 61.2. The van der Waals surface area contributed by atoms with E-state index in [2.05, 4.69) is 123 Å². The fraction of sp³-hybridized carbons (Fsp3) is 0.730. The van der Waals surface area contributed by atoms with Gasteiger partial charge in [0.15, 0.2) is 6.10 Å². The molecule has 10 heteroatoms. The Morgan fingerprint density at radius 1 is 0.381 bits per heavy atom. The molecule has 0 amide bonds. The summed E-state index contributed by atoms with van der Waals surface area (Å²) in [5.41, 5.74) is 0. The summed E-state index contributed by atoms with van der Waals surface area (Å²) >= 11 is 0. The molecule has 84 heavy (non-hydrogen) atoms. The van der Waals surface area contributed by atoms with Crippen molar-refractivity contribution < 1.29 is 42.1 Å². The highest BCUT2D eigenvalue weighted by Gasteiger charge is 2.22. The Balaban J connectivity index is 3.97. The van der Waals surface area contributed by atoms with Crippen LogP contribution in [-0.4, -0.2) is 70.0 Å². The number of quaternary nitrogens is 1. The summed E-state index contributed by atoms with van der Waals surface area (Å²) in [6.07, 6.45) is 90.3. The molecule has 9 nitrogen and oxygen atoms in total. The van der Waals surface area contributed by atoms with Crippen LogP contribution in [0.15, 0.2) is 109 Å². The predicted molar refractivity (Wildman–Crippen MR) is 360 cm³/mol. The lowest BCUT2D eigenvalue weighted by Crippen LogP contribution is -2.37. The Labute approximate surface area is 518 Å². The number of allylic oxidation sites excluding steroid dienone is 18. The van der Waals surface area contributed by atoms with Crippen molar-refractivity contribution in [1.29, 1.82) is 0 Å². The molecule has 0 N–H and O–H groups in total. The molecule has 0 spiro atoms. The molecule has 2 unspecified atom stereocenters. The summed E-state index contributed by atoms with van der Waals surface area (Å²) in [6.45, 7) is 4.12. The molecule has 0 bridgehead atoms. The molecular formula is C74H130NO8P. The molecule has 0 aliphatic heterocycles. The first-order valence-corrected chi connectivity index (χ1v) is 36.1. The molecule has 0 aliphatic carbocycles. The van der Waals surface area contributed by atoms with Crippen LogP contribution < -0.4 is 4.89 Å². The number of nitrogens with zero attached hydrogens (tertiary/aromatic N) is 1. The second-order valence-electron chi connectivity index (χ2n) is 24.2. The van der Waals surface area contributed by atoms with Crippen molar-refractivity contribution in [3.63, 3.8) is 0 Å². The first kappa shape index (κ1) is 80.7. The number of phosphoric ester groups is 1. The van der Waals surface area contributed by atoms with Gasteiger partial charge in [-0.25, -0.2) is 0 Å². The van der Waals surface area contributed by atoms with E-state index in [0.29, 0.717) is 17.4 Å². The van der Waals surface area contributed by atoms with E-state index < -0.39 is 26.5 Å². The van der Waals surface area contributed by atoms with Gasteiger partial charge in [0.2, 0.25) is 0 Å². The van der Waals surface area contributed by atoms with Gasteiger partial charge in [0.25, 0.3) is 7.82 Å². The van der Waals surface area contributed by atoms with Gasteiger partial charge in [0.1, 0.15) is 19.8 Å². The van der Waals surface area contributed by atoms with E-state index in [0.717, 1.165) is 103 Å². The van der Waals surface area contributed by atoms with E-state index in [1.165, 1.54) is 161 Å². The average Bonchev–Trinajstić information content (AvgIpc) is 3.61. The lowest BCUT2D eigenvalue weighted by Gasteiger charge is -2.28. The zero-order valence-corrected chi connectivity index (χ0v) is 56.0. The number of hydrogen-bond donors (Lipinski definition) is 0. The standard InChI is InChI=1S/C74H130NO8P/c1-6-8-10-12-14-16-18-20-22-24-26-27-28-29-30-31-32-33-34-35-36-37-38-39-40-41-42-43-44-45-46-47-49-51-53-55-57-59-61-63-65-67-74(77)83-72(71-82-84(78,79)81-69-68-75(3,4)5)70-80-73(76)66-64-62-60-58-56-54-52-50-48-25-23-21-19-17-15-13-11-9-7-2/h8,10,14-17,20-23,26-27,29-30,32-33,35-36,72H,6-7,9,11-13,18-19,24-25,28,31,34,37-71H2,1-5H3/b10-8-,16-14-,17-15-,22-20-,23-21-,27-26-,30-29-,33-32-,36-35-. The second kappa shape index (κ2) is 64.2. The Morgan fingerprint density at radius 2 is 0.679 bits per heavy atom. The van der Waals surface area contributed by atoms with Crippen molar-refractivity contribution in [2.24, 2.45) is 0 Å². The first-order chi connectivity index (χ1) is 41.0. The van der Waals surface area contributed by atoms with E-state index in [1.807, 2.05) is 21.1 Å². The summed E-state index contributed by atoms with van der Waals surface area (Å²) in [5, 5.41) is 0. The highest BCUT2D eigenvalue weighted by atomic mass is 31.2. The van der Waals surface area contributed by atoms with Crippen LogP contribution in [0, 0.1) is 0 Å². The third-order valence-electron chi connectivity index (χ3n) is 14.8. The number of likely N-dealkylation sites (N-methyl/N-ethyl adjacent to an activating group) is 1.